The fraction of sp³-hybridized carbons (Fsp3) is 0.364. The normalized spacial score (nSPS) is 19.8. The van der Waals surface area contributed by atoms with Gasteiger partial charge in [0.2, 0.25) is 0 Å². The average Bonchev–Trinajstić information content (AvgIpc) is 2.69. The number of benzene rings is 1. The van der Waals surface area contributed by atoms with Crippen LogP contribution in [0.15, 0.2) is 12.1 Å². The zero-order valence-corrected chi connectivity index (χ0v) is 10.4. The molecule has 1 aliphatic rings. The van der Waals surface area contributed by atoms with Gasteiger partial charge in [0.1, 0.15) is 5.82 Å². The van der Waals surface area contributed by atoms with Gasteiger partial charge < -0.3 is 10.6 Å². The van der Waals surface area contributed by atoms with Gasteiger partial charge in [0.25, 0.3) is 5.91 Å². The number of carbonyl (C=O) groups excluding carboxylic acids is 1. The van der Waals surface area contributed by atoms with Crippen LogP contribution in [0.2, 0.25) is 10.0 Å². The molecule has 17 heavy (non-hydrogen) atoms. The van der Waals surface area contributed by atoms with E-state index >= 15 is 0 Å². The minimum Gasteiger partial charge on any atom is -0.337 e. The van der Waals surface area contributed by atoms with Gasteiger partial charge in [-0.05, 0) is 18.6 Å². The molecule has 1 amide bonds. The van der Waals surface area contributed by atoms with E-state index in [1.807, 2.05) is 0 Å². The lowest BCUT2D eigenvalue weighted by Gasteiger charge is -2.16. The number of hydrogen-bond acceptors (Lipinski definition) is 2. The maximum absolute atomic E-state index is 13.3. The van der Waals surface area contributed by atoms with Crippen molar-refractivity contribution >= 4 is 29.1 Å². The van der Waals surface area contributed by atoms with Crippen molar-refractivity contribution in [1.29, 1.82) is 0 Å². The first-order valence-electron chi connectivity index (χ1n) is 5.18. The van der Waals surface area contributed by atoms with Gasteiger partial charge in [-0.25, -0.2) is 4.39 Å². The maximum Gasteiger partial charge on any atom is 0.255 e. The molecule has 0 saturated carbocycles. The summed E-state index contributed by atoms with van der Waals surface area (Å²) >= 11 is 11.5. The summed E-state index contributed by atoms with van der Waals surface area (Å²) in [5, 5.41) is 0.0616. The Hall–Kier alpha value is -0.840. The predicted molar refractivity (Wildman–Crippen MR) is 64.9 cm³/mol. The molecule has 0 aliphatic carbocycles. The summed E-state index contributed by atoms with van der Waals surface area (Å²) in [6.45, 7) is 1.04. The van der Waals surface area contributed by atoms with Crippen molar-refractivity contribution in [2.24, 2.45) is 5.73 Å². The summed E-state index contributed by atoms with van der Waals surface area (Å²) in [6, 6.07) is 2.29. The number of likely N-dealkylation sites (tertiary alicyclic amines) is 1. The first kappa shape index (κ1) is 12.6. The Balaban J connectivity index is 2.28. The lowest BCUT2D eigenvalue weighted by atomic mass is 10.2. The monoisotopic (exact) mass is 276 g/mol. The first-order valence-corrected chi connectivity index (χ1v) is 5.94. The molecule has 1 aromatic carbocycles. The number of carbonyl (C=O) groups is 1. The van der Waals surface area contributed by atoms with E-state index in [-0.39, 0.29) is 27.6 Å². The van der Waals surface area contributed by atoms with E-state index < -0.39 is 5.82 Å². The molecule has 3 nitrogen and oxygen atoms in total. The Morgan fingerprint density at radius 2 is 2.12 bits per heavy atom. The highest BCUT2D eigenvalue weighted by molar-refractivity contribution is 6.36. The van der Waals surface area contributed by atoms with Gasteiger partial charge in [0, 0.05) is 19.1 Å². The highest BCUT2D eigenvalue weighted by Crippen LogP contribution is 2.26. The van der Waals surface area contributed by atoms with Crippen LogP contribution >= 0.6 is 23.2 Å². The standard InChI is InChI=1S/C11H11Cl2FN2O/c12-8-4-9(13)10(14)3-7(8)11(17)16-2-1-6(15)5-16/h3-4,6H,1-2,5,15H2/t6-/m0/s1. The highest BCUT2D eigenvalue weighted by Gasteiger charge is 2.26. The quantitative estimate of drug-likeness (QED) is 0.801. The largest absolute Gasteiger partial charge is 0.337 e. The minimum atomic E-state index is -0.650. The number of halogens is 3. The van der Waals surface area contributed by atoms with E-state index in [9.17, 15) is 9.18 Å². The average molecular weight is 277 g/mol. The second-order valence-corrected chi connectivity index (χ2v) is 4.86. The van der Waals surface area contributed by atoms with Crippen LogP contribution in [0.4, 0.5) is 4.39 Å². The molecule has 6 heteroatoms. The fourth-order valence-electron chi connectivity index (χ4n) is 1.83. The lowest BCUT2D eigenvalue weighted by Crippen LogP contribution is -2.32. The van der Waals surface area contributed by atoms with Crippen LogP contribution in [-0.2, 0) is 0 Å². The topological polar surface area (TPSA) is 46.3 Å². The zero-order chi connectivity index (χ0) is 12.6. The summed E-state index contributed by atoms with van der Waals surface area (Å²) in [5.74, 6) is -0.957. The molecule has 0 unspecified atom stereocenters. The van der Waals surface area contributed by atoms with Crippen molar-refractivity contribution < 1.29 is 9.18 Å². The maximum atomic E-state index is 13.3. The van der Waals surface area contributed by atoms with Gasteiger partial charge in [-0.2, -0.15) is 0 Å². The van der Waals surface area contributed by atoms with Gasteiger partial charge in [-0.1, -0.05) is 23.2 Å². The Bertz CT molecular complexity index is 467. The molecule has 0 spiro atoms. The van der Waals surface area contributed by atoms with Gasteiger partial charge in [-0.15, -0.1) is 0 Å². The lowest BCUT2D eigenvalue weighted by molar-refractivity contribution is 0.0790. The van der Waals surface area contributed by atoms with Crippen molar-refractivity contribution in [3.63, 3.8) is 0 Å². The third-order valence-electron chi connectivity index (χ3n) is 2.75. The number of amides is 1. The second kappa shape index (κ2) is 4.80. The number of rotatable bonds is 1. The number of hydrogen-bond donors (Lipinski definition) is 1. The summed E-state index contributed by atoms with van der Waals surface area (Å²) < 4.78 is 13.3. The van der Waals surface area contributed by atoms with Gasteiger partial charge in [0.05, 0.1) is 15.6 Å². The summed E-state index contributed by atoms with van der Waals surface area (Å²) in [5.41, 5.74) is 5.84. The molecule has 0 aromatic heterocycles. The first-order chi connectivity index (χ1) is 7.99. The molecule has 1 aromatic rings. The van der Waals surface area contributed by atoms with Crippen LogP contribution in [0, 0.1) is 5.82 Å². The summed E-state index contributed by atoms with van der Waals surface area (Å²) in [4.78, 5) is 13.6. The van der Waals surface area contributed by atoms with Crippen molar-refractivity contribution in [3.8, 4) is 0 Å². The predicted octanol–water partition coefficient (Wildman–Crippen LogP) is 2.31. The van der Waals surface area contributed by atoms with Gasteiger partial charge in [0.15, 0.2) is 0 Å². The Kier molecular flexibility index (Phi) is 3.56. The molecule has 1 fully saturated rings. The van der Waals surface area contributed by atoms with Crippen molar-refractivity contribution in [2.75, 3.05) is 13.1 Å². The molecule has 2 rings (SSSR count). The van der Waals surface area contributed by atoms with Crippen LogP contribution < -0.4 is 5.73 Å². The second-order valence-electron chi connectivity index (χ2n) is 4.05. The summed E-state index contributed by atoms with van der Waals surface area (Å²) in [7, 11) is 0. The van der Waals surface area contributed by atoms with Crippen LogP contribution in [-0.4, -0.2) is 29.9 Å². The molecule has 1 heterocycles. The van der Waals surface area contributed by atoms with E-state index in [1.54, 1.807) is 4.90 Å². The molecule has 1 atom stereocenters. The van der Waals surface area contributed by atoms with Crippen LogP contribution in [0.3, 0.4) is 0 Å². The Labute approximate surface area is 108 Å². The fourth-order valence-corrected chi connectivity index (χ4v) is 2.29. The smallest absolute Gasteiger partial charge is 0.255 e. The zero-order valence-electron chi connectivity index (χ0n) is 8.92. The van der Waals surface area contributed by atoms with Crippen LogP contribution in [0.1, 0.15) is 16.8 Å². The van der Waals surface area contributed by atoms with E-state index in [0.29, 0.717) is 13.1 Å². The molecule has 1 aliphatic heterocycles. The molecular weight excluding hydrogens is 266 g/mol. The van der Waals surface area contributed by atoms with E-state index in [2.05, 4.69) is 0 Å². The van der Waals surface area contributed by atoms with Gasteiger partial charge >= 0.3 is 0 Å². The molecular formula is C11H11Cl2FN2O. The van der Waals surface area contributed by atoms with Gasteiger partial charge in [-0.3, -0.25) is 4.79 Å². The van der Waals surface area contributed by atoms with Crippen molar-refractivity contribution in [1.82, 2.24) is 4.90 Å². The summed E-state index contributed by atoms with van der Waals surface area (Å²) in [6.07, 6.45) is 0.749. The van der Waals surface area contributed by atoms with Crippen molar-refractivity contribution in [2.45, 2.75) is 12.5 Å². The molecule has 2 N–H and O–H groups in total. The van der Waals surface area contributed by atoms with Crippen LogP contribution in [0.25, 0.3) is 0 Å². The number of nitrogens with two attached hydrogens (primary N) is 1. The highest BCUT2D eigenvalue weighted by atomic mass is 35.5. The third-order valence-corrected chi connectivity index (χ3v) is 3.35. The molecule has 0 radical (unpaired) electrons. The third kappa shape index (κ3) is 2.54. The molecule has 1 saturated heterocycles. The Morgan fingerprint density at radius 1 is 1.41 bits per heavy atom. The van der Waals surface area contributed by atoms with Crippen LogP contribution in [0.5, 0.6) is 0 Å². The van der Waals surface area contributed by atoms with E-state index in [4.69, 9.17) is 28.9 Å². The van der Waals surface area contributed by atoms with E-state index in [0.717, 1.165) is 12.5 Å². The Morgan fingerprint density at radius 3 is 2.71 bits per heavy atom. The minimum absolute atomic E-state index is 0.0186. The molecule has 92 valence electrons. The SMILES string of the molecule is N[C@H]1CCN(C(=O)c2cc(F)c(Cl)cc2Cl)C1. The number of nitrogens with zero attached hydrogens (tertiary/aromatic N) is 1. The molecule has 0 bridgehead atoms. The van der Waals surface area contributed by atoms with E-state index in [1.165, 1.54) is 6.07 Å². The van der Waals surface area contributed by atoms with Crippen molar-refractivity contribution in [3.05, 3.63) is 33.6 Å².